The lowest BCUT2D eigenvalue weighted by Gasteiger charge is -2.08. The second-order valence-corrected chi connectivity index (χ2v) is 5.49. The standard InChI is InChI=1S/C16H12ClN5O/c1-8-5-10(7-18)15(17)20-14(8)16(23)19-11-3-4-13-12(6-11)9(2)21-22-13/h3-6H,1-2H3,(H,19,23)(H,21,22). The van der Waals surface area contributed by atoms with Gasteiger partial charge in [-0.25, -0.2) is 4.98 Å². The largest absolute Gasteiger partial charge is 0.321 e. The number of nitriles is 1. The first kappa shape index (κ1) is 15.0. The van der Waals surface area contributed by atoms with Gasteiger partial charge in [0.15, 0.2) is 0 Å². The van der Waals surface area contributed by atoms with Gasteiger partial charge in [0.1, 0.15) is 16.9 Å². The number of amides is 1. The molecule has 0 saturated carbocycles. The average Bonchev–Trinajstić information content (AvgIpc) is 2.90. The summed E-state index contributed by atoms with van der Waals surface area (Å²) in [6.07, 6.45) is 0. The lowest BCUT2D eigenvalue weighted by atomic mass is 10.1. The molecule has 0 aliphatic carbocycles. The summed E-state index contributed by atoms with van der Waals surface area (Å²) in [6.45, 7) is 3.60. The number of carbonyl (C=O) groups excluding carboxylic acids is 1. The van der Waals surface area contributed by atoms with E-state index in [1.54, 1.807) is 19.1 Å². The number of fused-ring (bicyclic) bond motifs is 1. The van der Waals surface area contributed by atoms with Gasteiger partial charge in [-0.05, 0) is 43.7 Å². The highest BCUT2D eigenvalue weighted by molar-refractivity contribution is 6.30. The number of hydrogen-bond donors (Lipinski definition) is 2. The summed E-state index contributed by atoms with van der Waals surface area (Å²) < 4.78 is 0. The summed E-state index contributed by atoms with van der Waals surface area (Å²) in [7, 11) is 0. The van der Waals surface area contributed by atoms with Gasteiger partial charge in [0, 0.05) is 11.1 Å². The third-order valence-electron chi connectivity index (χ3n) is 3.51. The minimum Gasteiger partial charge on any atom is -0.321 e. The molecule has 0 bridgehead atoms. The van der Waals surface area contributed by atoms with E-state index in [1.807, 2.05) is 25.1 Å². The number of H-pyrrole nitrogens is 1. The molecule has 3 aromatic rings. The van der Waals surface area contributed by atoms with Crippen molar-refractivity contribution in [2.45, 2.75) is 13.8 Å². The van der Waals surface area contributed by atoms with E-state index >= 15 is 0 Å². The first-order valence-electron chi connectivity index (χ1n) is 6.83. The Labute approximate surface area is 137 Å². The second kappa shape index (κ2) is 5.71. The van der Waals surface area contributed by atoms with E-state index in [-0.39, 0.29) is 22.3 Å². The highest BCUT2D eigenvalue weighted by atomic mass is 35.5. The molecule has 114 valence electrons. The lowest BCUT2D eigenvalue weighted by molar-refractivity contribution is 0.102. The number of aromatic nitrogens is 3. The van der Waals surface area contributed by atoms with E-state index in [1.165, 1.54) is 0 Å². The zero-order chi connectivity index (χ0) is 16.6. The van der Waals surface area contributed by atoms with Gasteiger partial charge in [-0.3, -0.25) is 9.89 Å². The zero-order valence-corrected chi connectivity index (χ0v) is 13.2. The lowest BCUT2D eigenvalue weighted by Crippen LogP contribution is -2.15. The Morgan fingerprint density at radius 3 is 2.87 bits per heavy atom. The number of aryl methyl sites for hydroxylation is 2. The van der Waals surface area contributed by atoms with Crippen LogP contribution in [-0.4, -0.2) is 21.1 Å². The molecular formula is C16H12ClN5O. The predicted molar refractivity (Wildman–Crippen MR) is 87.5 cm³/mol. The number of rotatable bonds is 2. The van der Waals surface area contributed by atoms with Gasteiger partial charge in [-0.1, -0.05) is 11.6 Å². The monoisotopic (exact) mass is 325 g/mol. The van der Waals surface area contributed by atoms with Gasteiger partial charge in [0.2, 0.25) is 0 Å². The van der Waals surface area contributed by atoms with Crippen molar-refractivity contribution in [2.24, 2.45) is 0 Å². The molecule has 0 radical (unpaired) electrons. The van der Waals surface area contributed by atoms with Crippen LogP contribution in [0.2, 0.25) is 5.15 Å². The van der Waals surface area contributed by atoms with Crippen LogP contribution >= 0.6 is 11.6 Å². The first-order valence-corrected chi connectivity index (χ1v) is 7.20. The Bertz CT molecular complexity index is 970. The van der Waals surface area contributed by atoms with Crippen LogP contribution in [0.15, 0.2) is 24.3 Å². The van der Waals surface area contributed by atoms with Crippen molar-refractivity contribution in [1.82, 2.24) is 15.2 Å². The topological polar surface area (TPSA) is 94.5 Å². The predicted octanol–water partition coefficient (Wildman–Crippen LogP) is 3.35. The molecule has 1 amide bonds. The van der Waals surface area contributed by atoms with Crippen LogP contribution in [0.5, 0.6) is 0 Å². The second-order valence-electron chi connectivity index (χ2n) is 5.13. The van der Waals surface area contributed by atoms with Gasteiger partial charge < -0.3 is 5.32 Å². The smallest absolute Gasteiger partial charge is 0.274 e. The average molecular weight is 326 g/mol. The fraction of sp³-hybridized carbons (Fsp3) is 0.125. The summed E-state index contributed by atoms with van der Waals surface area (Å²) in [5.41, 5.74) is 3.41. The first-order chi connectivity index (χ1) is 11.0. The molecule has 1 aromatic carbocycles. The third kappa shape index (κ3) is 2.74. The van der Waals surface area contributed by atoms with Crippen LogP contribution in [0.25, 0.3) is 10.9 Å². The van der Waals surface area contributed by atoms with Crippen molar-refractivity contribution in [2.75, 3.05) is 5.32 Å². The number of nitrogens with zero attached hydrogens (tertiary/aromatic N) is 3. The Morgan fingerprint density at radius 2 is 2.13 bits per heavy atom. The maximum Gasteiger partial charge on any atom is 0.274 e. The van der Waals surface area contributed by atoms with Gasteiger partial charge in [-0.15, -0.1) is 0 Å². The van der Waals surface area contributed by atoms with E-state index in [9.17, 15) is 4.79 Å². The highest BCUT2D eigenvalue weighted by Gasteiger charge is 2.15. The van der Waals surface area contributed by atoms with Crippen molar-refractivity contribution in [3.05, 3.63) is 51.9 Å². The molecule has 0 unspecified atom stereocenters. The zero-order valence-electron chi connectivity index (χ0n) is 12.4. The van der Waals surface area contributed by atoms with Gasteiger partial charge in [-0.2, -0.15) is 10.4 Å². The Balaban J connectivity index is 1.93. The number of carbonyl (C=O) groups is 1. The molecule has 6 nitrogen and oxygen atoms in total. The van der Waals surface area contributed by atoms with Crippen LogP contribution in [0.1, 0.15) is 27.3 Å². The quantitative estimate of drug-likeness (QED) is 0.706. The number of benzene rings is 1. The summed E-state index contributed by atoms with van der Waals surface area (Å²) in [6, 6.07) is 8.95. The fourth-order valence-electron chi connectivity index (χ4n) is 2.31. The number of anilines is 1. The van der Waals surface area contributed by atoms with Crippen molar-refractivity contribution in [3.63, 3.8) is 0 Å². The van der Waals surface area contributed by atoms with Crippen LogP contribution in [0.4, 0.5) is 5.69 Å². The van der Waals surface area contributed by atoms with E-state index in [2.05, 4.69) is 20.5 Å². The number of aromatic amines is 1. The van der Waals surface area contributed by atoms with Crippen LogP contribution in [-0.2, 0) is 0 Å². The van der Waals surface area contributed by atoms with Crippen molar-refractivity contribution >= 4 is 34.1 Å². The molecule has 3 rings (SSSR count). The number of halogens is 1. The van der Waals surface area contributed by atoms with Gasteiger partial charge in [0.05, 0.1) is 16.8 Å². The molecular weight excluding hydrogens is 314 g/mol. The van der Waals surface area contributed by atoms with Crippen molar-refractivity contribution in [1.29, 1.82) is 5.26 Å². The Morgan fingerprint density at radius 1 is 1.35 bits per heavy atom. The third-order valence-corrected chi connectivity index (χ3v) is 3.80. The minimum absolute atomic E-state index is 0.0179. The normalized spacial score (nSPS) is 10.5. The maximum atomic E-state index is 12.4. The summed E-state index contributed by atoms with van der Waals surface area (Å²) >= 11 is 5.91. The molecule has 0 saturated heterocycles. The summed E-state index contributed by atoms with van der Waals surface area (Å²) in [5.74, 6) is -0.380. The van der Waals surface area contributed by atoms with E-state index in [0.717, 1.165) is 16.6 Å². The Hall–Kier alpha value is -2.91. The molecule has 0 fully saturated rings. The molecule has 23 heavy (non-hydrogen) atoms. The van der Waals surface area contributed by atoms with Crippen molar-refractivity contribution in [3.8, 4) is 6.07 Å². The van der Waals surface area contributed by atoms with Crippen LogP contribution < -0.4 is 5.32 Å². The van der Waals surface area contributed by atoms with E-state index in [0.29, 0.717) is 11.3 Å². The van der Waals surface area contributed by atoms with Gasteiger partial charge >= 0.3 is 0 Å². The number of hydrogen-bond acceptors (Lipinski definition) is 4. The molecule has 7 heteroatoms. The van der Waals surface area contributed by atoms with E-state index in [4.69, 9.17) is 16.9 Å². The maximum absolute atomic E-state index is 12.4. The molecule has 0 spiro atoms. The van der Waals surface area contributed by atoms with Crippen LogP contribution in [0.3, 0.4) is 0 Å². The molecule has 2 heterocycles. The minimum atomic E-state index is -0.380. The molecule has 0 atom stereocenters. The molecule has 0 aliphatic heterocycles. The van der Waals surface area contributed by atoms with Crippen LogP contribution in [0, 0.1) is 25.2 Å². The van der Waals surface area contributed by atoms with Crippen molar-refractivity contribution < 1.29 is 4.79 Å². The van der Waals surface area contributed by atoms with E-state index < -0.39 is 0 Å². The summed E-state index contributed by atoms with van der Waals surface area (Å²) in [5, 5.41) is 19.7. The number of pyridine rings is 1. The fourth-order valence-corrected chi connectivity index (χ4v) is 2.49. The molecule has 0 aliphatic rings. The Kier molecular flexibility index (Phi) is 3.72. The highest BCUT2D eigenvalue weighted by Crippen LogP contribution is 2.22. The number of nitrogens with one attached hydrogen (secondary N) is 2. The SMILES string of the molecule is Cc1cc(C#N)c(Cl)nc1C(=O)Nc1ccc2[nH]nc(C)c2c1. The molecule has 2 N–H and O–H groups in total. The summed E-state index contributed by atoms with van der Waals surface area (Å²) in [4.78, 5) is 16.4. The van der Waals surface area contributed by atoms with Gasteiger partial charge in [0.25, 0.3) is 5.91 Å². The molecule has 2 aromatic heterocycles.